The number of nitrogens with two attached hydrogens (primary N) is 2. The summed E-state index contributed by atoms with van der Waals surface area (Å²) in [6.45, 7) is 5.64. The van der Waals surface area contributed by atoms with Crippen molar-refractivity contribution in [1.29, 1.82) is 0 Å². The molecule has 1 aliphatic rings. The number of nitrogens with zero attached hydrogens (tertiary/aromatic N) is 3. The number of amides is 4. The van der Waals surface area contributed by atoms with Gasteiger partial charge in [-0.1, -0.05) is 30.3 Å². The number of benzene rings is 2. The van der Waals surface area contributed by atoms with E-state index in [1.807, 2.05) is 30.3 Å². The van der Waals surface area contributed by atoms with Gasteiger partial charge in [-0.05, 0) is 64.2 Å². The topological polar surface area (TPSA) is 224 Å². The number of rotatable bonds is 13. The predicted octanol–water partition coefficient (Wildman–Crippen LogP) is 2.62. The van der Waals surface area contributed by atoms with E-state index in [1.165, 1.54) is 29.2 Å². The van der Waals surface area contributed by atoms with Crippen molar-refractivity contribution in [2.45, 2.75) is 76.6 Å². The van der Waals surface area contributed by atoms with Gasteiger partial charge in [0.2, 0.25) is 17.7 Å². The number of non-ortho nitro benzene ring substituents is 1. The molecule has 0 bridgehead atoms. The summed E-state index contributed by atoms with van der Waals surface area (Å²) >= 11 is 0. The molecule has 4 amide bonds. The zero-order valence-electron chi connectivity index (χ0n) is 26.6. The summed E-state index contributed by atoms with van der Waals surface area (Å²) in [5.74, 6) is -1.66. The minimum absolute atomic E-state index is 0. The summed E-state index contributed by atoms with van der Waals surface area (Å²) in [5, 5.41) is 19.1. The van der Waals surface area contributed by atoms with Crippen molar-refractivity contribution in [3.63, 3.8) is 0 Å². The van der Waals surface area contributed by atoms with Gasteiger partial charge >= 0.3 is 6.09 Å². The van der Waals surface area contributed by atoms with Crippen LogP contribution in [0.1, 0.15) is 52.0 Å². The molecule has 1 saturated heterocycles. The van der Waals surface area contributed by atoms with Gasteiger partial charge in [0.05, 0.1) is 4.92 Å². The standard InChI is InChI=1S/C31H42N8O7.ClH/c1-31(2,3)46-30(43)37-24(19-20-9-5-4-6-10-20)28(42)38-18-8-12-25(38)27(41)36-23(11-7-17-34-29(32)33)26(40)35-21-13-15-22(16-14-21)39(44)45;/h4-6,9-10,13-16,23-25H,7-8,11-12,17-19H2,1-3H3,(H,35,40)(H,36,41)(H,37,43)(H4,32,33,34);1H/t23-,24+,25-;/m0./s1. The summed E-state index contributed by atoms with van der Waals surface area (Å²) in [6, 6.07) is 11.5. The smallest absolute Gasteiger partial charge is 0.408 e. The van der Waals surface area contributed by atoms with E-state index in [-0.39, 0.29) is 50.0 Å². The molecule has 256 valence electrons. The number of alkyl carbamates (subject to hydrolysis) is 1. The van der Waals surface area contributed by atoms with E-state index >= 15 is 0 Å². The molecule has 1 heterocycles. The molecular weight excluding hydrogens is 632 g/mol. The minimum Gasteiger partial charge on any atom is -0.444 e. The largest absolute Gasteiger partial charge is 0.444 e. The number of likely N-dealkylation sites (tertiary alicyclic amines) is 1. The number of nitro benzene ring substituents is 1. The molecule has 2 aromatic carbocycles. The Balaban J connectivity index is 0.00000768. The normalized spacial score (nSPS) is 15.3. The van der Waals surface area contributed by atoms with Crippen LogP contribution in [-0.2, 0) is 25.5 Å². The van der Waals surface area contributed by atoms with Crippen molar-refractivity contribution in [2.24, 2.45) is 16.5 Å². The van der Waals surface area contributed by atoms with Crippen LogP contribution in [0.2, 0.25) is 0 Å². The third kappa shape index (κ3) is 12.4. The van der Waals surface area contributed by atoms with Crippen molar-refractivity contribution in [3.05, 3.63) is 70.3 Å². The molecule has 1 fully saturated rings. The first-order chi connectivity index (χ1) is 21.7. The van der Waals surface area contributed by atoms with E-state index in [4.69, 9.17) is 16.2 Å². The quantitative estimate of drug-likeness (QED) is 0.0691. The first kappa shape index (κ1) is 38.3. The highest BCUT2D eigenvalue weighted by molar-refractivity contribution is 5.99. The molecular formula is C31H43ClN8O7. The first-order valence-corrected chi connectivity index (χ1v) is 15.0. The monoisotopic (exact) mass is 674 g/mol. The van der Waals surface area contributed by atoms with E-state index in [1.54, 1.807) is 20.8 Å². The number of hydrogen-bond donors (Lipinski definition) is 5. The summed E-state index contributed by atoms with van der Waals surface area (Å²) in [7, 11) is 0. The zero-order chi connectivity index (χ0) is 33.9. The van der Waals surface area contributed by atoms with Crippen molar-refractivity contribution >= 4 is 53.6 Å². The van der Waals surface area contributed by atoms with Crippen LogP contribution in [0.3, 0.4) is 0 Å². The van der Waals surface area contributed by atoms with Gasteiger partial charge in [-0.2, -0.15) is 0 Å². The van der Waals surface area contributed by atoms with Crippen LogP contribution in [0.4, 0.5) is 16.2 Å². The first-order valence-electron chi connectivity index (χ1n) is 15.0. The fourth-order valence-corrected chi connectivity index (χ4v) is 4.94. The van der Waals surface area contributed by atoms with Crippen LogP contribution in [0, 0.1) is 10.1 Å². The maximum atomic E-state index is 13.9. The van der Waals surface area contributed by atoms with Crippen LogP contribution in [-0.4, -0.2) is 76.4 Å². The van der Waals surface area contributed by atoms with Crippen molar-refractivity contribution in [1.82, 2.24) is 15.5 Å². The van der Waals surface area contributed by atoms with Crippen LogP contribution < -0.4 is 27.4 Å². The van der Waals surface area contributed by atoms with Crippen LogP contribution in [0.5, 0.6) is 0 Å². The Bertz CT molecular complexity index is 1410. The molecule has 3 rings (SSSR count). The van der Waals surface area contributed by atoms with Crippen molar-refractivity contribution in [2.75, 3.05) is 18.4 Å². The zero-order valence-corrected chi connectivity index (χ0v) is 27.5. The lowest BCUT2D eigenvalue weighted by Crippen LogP contribution is -2.56. The van der Waals surface area contributed by atoms with Gasteiger partial charge in [0.25, 0.3) is 5.69 Å². The second-order valence-corrected chi connectivity index (χ2v) is 11.9. The Morgan fingerprint density at radius 1 is 1.04 bits per heavy atom. The lowest BCUT2D eigenvalue weighted by Gasteiger charge is -2.30. The van der Waals surface area contributed by atoms with E-state index in [9.17, 15) is 29.3 Å². The lowest BCUT2D eigenvalue weighted by atomic mass is 10.0. The molecule has 7 N–H and O–H groups in total. The van der Waals surface area contributed by atoms with Gasteiger partial charge < -0.3 is 37.1 Å². The molecule has 0 unspecified atom stereocenters. The number of anilines is 1. The van der Waals surface area contributed by atoms with Gasteiger partial charge in [0.1, 0.15) is 23.7 Å². The number of halogens is 1. The number of aliphatic imine (C=N–C) groups is 1. The number of hydrogen-bond acceptors (Lipinski definition) is 8. The third-order valence-electron chi connectivity index (χ3n) is 7.03. The Morgan fingerprint density at radius 3 is 2.30 bits per heavy atom. The molecule has 0 saturated carbocycles. The highest BCUT2D eigenvalue weighted by Crippen LogP contribution is 2.21. The number of ether oxygens (including phenoxy) is 1. The van der Waals surface area contributed by atoms with Crippen molar-refractivity contribution < 1.29 is 28.8 Å². The summed E-state index contributed by atoms with van der Waals surface area (Å²) in [5.41, 5.74) is 11.0. The van der Waals surface area contributed by atoms with Crippen LogP contribution in [0.15, 0.2) is 59.6 Å². The second kappa shape index (κ2) is 17.7. The van der Waals surface area contributed by atoms with Crippen LogP contribution in [0.25, 0.3) is 0 Å². The molecule has 16 heteroatoms. The maximum absolute atomic E-state index is 13.9. The highest BCUT2D eigenvalue weighted by Gasteiger charge is 2.39. The second-order valence-electron chi connectivity index (χ2n) is 11.9. The van der Waals surface area contributed by atoms with Gasteiger partial charge in [0, 0.05) is 37.3 Å². The van der Waals surface area contributed by atoms with E-state index in [0.717, 1.165) is 5.56 Å². The third-order valence-corrected chi connectivity index (χ3v) is 7.03. The fourth-order valence-electron chi connectivity index (χ4n) is 4.94. The molecule has 0 aromatic heterocycles. The van der Waals surface area contributed by atoms with E-state index in [0.29, 0.717) is 24.9 Å². The Kier molecular flexibility index (Phi) is 14.4. The Labute approximate surface area is 279 Å². The Hall–Kier alpha value is -4.92. The molecule has 0 aliphatic carbocycles. The minimum atomic E-state index is -1.03. The SMILES string of the molecule is CC(C)(C)OC(=O)N[C@H](Cc1ccccc1)C(=O)N1CCC[C@H]1C(=O)N[C@@H](CCCN=C(N)N)C(=O)Nc1ccc([N+](=O)[O-])cc1.Cl. The molecule has 2 aromatic rings. The number of guanidine groups is 1. The van der Waals surface area contributed by atoms with E-state index < -0.39 is 52.5 Å². The average molecular weight is 675 g/mol. The van der Waals surface area contributed by atoms with Crippen molar-refractivity contribution in [3.8, 4) is 0 Å². The number of nitro groups is 1. The maximum Gasteiger partial charge on any atom is 0.408 e. The van der Waals surface area contributed by atoms with Gasteiger partial charge in [-0.3, -0.25) is 29.5 Å². The van der Waals surface area contributed by atoms with Gasteiger partial charge in [0.15, 0.2) is 5.96 Å². The molecule has 15 nitrogen and oxygen atoms in total. The molecule has 1 aliphatic heterocycles. The van der Waals surface area contributed by atoms with Gasteiger partial charge in [-0.25, -0.2) is 4.79 Å². The number of carbonyl (C=O) groups excluding carboxylic acids is 4. The fraction of sp³-hybridized carbons (Fsp3) is 0.452. The van der Waals surface area contributed by atoms with Crippen LogP contribution >= 0.6 is 12.4 Å². The molecule has 0 spiro atoms. The number of carbonyl (C=O) groups is 4. The summed E-state index contributed by atoms with van der Waals surface area (Å²) < 4.78 is 5.40. The van der Waals surface area contributed by atoms with E-state index in [2.05, 4.69) is 20.9 Å². The predicted molar refractivity (Wildman–Crippen MR) is 179 cm³/mol. The molecule has 47 heavy (non-hydrogen) atoms. The summed E-state index contributed by atoms with van der Waals surface area (Å²) in [4.78, 5) is 69.3. The Morgan fingerprint density at radius 2 is 1.70 bits per heavy atom. The highest BCUT2D eigenvalue weighted by atomic mass is 35.5. The lowest BCUT2D eigenvalue weighted by molar-refractivity contribution is -0.384. The molecule has 0 radical (unpaired) electrons. The molecule has 3 atom stereocenters. The van der Waals surface area contributed by atoms with Gasteiger partial charge in [-0.15, -0.1) is 12.4 Å². The number of nitrogens with one attached hydrogen (secondary N) is 3. The average Bonchev–Trinajstić information content (AvgIpc) is 3.48. The summed E-state index contributed by atoms with van der Waals surface area (Å²) in [6.07, 6.45) is 0.826.